The Balaban J connectivity index is 1.62. The topological polar surface area (TPSA) is 0 Å². The Bertz CT molecular complexity index is 764. The molecule has 0 N–H and O–H groups in total. The van der Waals surface area contributed by atoms with Gasteiger partial charge in [0, 0.05) is 5.92 Å². The fraction of sp³-hybridized carbons (Fsp3) is 0.304. The van der Waals surface area contributed by atoms with Gasteiger partial charge in [0.2, 0.25) is 0 Å². The minimum absolute atomic E-state index is 0.593. The van der Waals surface area contributed by atoms with Gasteiger partial charge in [0.1, 0.15) is 0 Å². The highest BCUT2D eigenvalue weighted by atomic mass is 14.3. The van der Waals surface area contributed by atoms with Crippen LogP contribution in [0.2, 0.25) is 0 Å². The molecule has 0 nitrogen and oxygen atoms in total. The molecule has 0 amide bonds. The summed E-state index contributed by atoms with van der Waals surface area (Å²) in [6.45, 7) is 6.71. The number of benzene rings is 2. The van der Waals surface area contributed by atoms with Crippen molar-refractivity contribution in [2.24, 2.45) is 5.92 Å². The Labute approximate surface area is 139 Å². The standard InChI is InChI=1S/C23H24/c1-4-23(21-11-17-7-5-15(2)9-19(17)13-21)22-12-18-8-6-16(3)10-20(18)14-22/h5-12,23H,4,13-14H2,1-3H3. The van der Waals surface area contributed by atoms with Gasteiger partial charge < -0.3 is 0 Å². The Morgan fingerprint density at radius 1 is 0.783 bits per heavy atom. The molecule has 0 saturated heterocycles. The molecule has 2 aliphatic rings. The second-order valence-corrected chi connectivity index (χ2v) is 7.16. The number of fused-ring (bicyclic) bond motifs is 2. The Kier molecular flexibility index (Phi) is 3.49. The van der Waals surface area contributed by atoms with Crippen molar-refractivity contribution >= 4 is 12.2 Å². The van der Waals surface area contributed by atoms with Crippen molar-refractivity contribution in [2.75, 3.05) is 0 Å². The van der Waals surface area contributed by atoms with Gasteiger partial charge in [-0.25, -0.2) is 0 Å². The lowest BCUT2D eigenvalue weighted by atomic mass is 9.86. The van der Waals surface area contributed by atoms with Crippen LogP contribution in [0.4, 0.5) is 0 Å². The summed E-state index contributed by atoms with van der Waals surface area (Å²) in [5.41, 5.74) is 11.8. The van der Waals surface area contributed by atoms with Gasteiger partial charge in [-0.2, -0.15) is 0 Å². The van der Waals surface area contributed by atoms with Crippen LogP contribution in [0, 0.1) is 19.8 Å². The highest BCUT2D eigenvalue weighted by Crippen LogP contribution is 2.39. The van der Waals surface area contributed by atoms with E-state index in [0.29, 0.717) is 5.92 Å². The largest absolute Gasteiger partial charge is 0.0645 e. The molecule has 0 radical (unpaired) electrons. The lowest BCUT2D eigenvalue weighted by molar-refractivity contribution is 0.667. The quantitative estimate of drug-likeness (QED) is 0.661. The van der Waals surface area contributed by atoms with E-state index in [4.69, 9.17) is 0 Å². The summed E-state index contributed by atoms with van der Waals surface area (Å²) in [6, 6.07) is 13.7. The van der Waals surface area contributed by atoms with Crippen LogP contribution in [-0.2, 0) is 12.8 Å². The van der Waals surface area contributed by atoms with E-state index in [1.165, 1.54) is 39.8 Å². The van der Waals surface area contributed by atoms with Crippen molar-refractivity contribution in [3.63, 3.8) is 0 Å². The highest BCUT2D eigenvalue weighted by Gasteiger charge is 2.25. The average Bonchev–Trinajstić information content (AvgIpc) is 3.11. The Morgan fingerprint density at radius 3 is 1.70 bits per heavy atom. The molecular weight excluding hydrogens is 276 g/mol. The monoisotopic (exact) mass is 300 g/mol. The van der Waals surface area contributed by atoms with Crippen LogP contribution in [0.5, 0.6) is 0 Å². The van der Waals surface area contributed by atoms with E-state index in [1.54, 1.807) is 11.1 Å². The van der Waals surface area contributed by atoms with Crippen LogP contribution in [0.1, 0.15) is 46.7 Å². The van der Waals surface area contributed by atoms with Gasteiger partial charge in [0.05, 0.1) is 0 Å². The van der Waals surface area contributed by atoms with Crippen LogP contribution < -0.4 is 0 Å². The van der Waals surface area contributed by atoms with Crippen molar-refractivity contribution in [3.05, 3.63) is 80.9 Å². The molecule has 0 heteroatoms. The predicted molar refractivity (Wildman–Crippen MR) is 99.5 cm³/mol. The molecule has 2 aromatic carbocycles. The summed E-state index contributed by atoms with van der Waals surface area (Å²) in [4.78, 5) is 0. The van der Waals surface area contributed by atoms with Gasteiger partial charge in [-0.3, -0.25) is 0 Å². The lowest BCUT2D eigenvalue weighted by Crippen LogP contribution is -2.07. The molecule has 0 heterocycles. The van der Waals surface area contributed by atoms with Crippen LogP contribution in [-0.4, -0.2) is 0 Å². The second-order valence-electron chi connectivity index (χ2n) is 7.16. The maximum Gasteiger partial charge on any atom is 0.00176 e. The van der Waals surface area contributed by atoms with Crippen molar-refractivity contribution in [3.8, 4) is 0 Å². The highest BCUT2D eigenvalue weighted by molar-refractivity contribution is 5.70. The molecule has 0 aliphatic heterocycles. The third-order valence-corrected chi connectivity index (χ3v) is 5.37. The van der Waals surface area contributed by atoms with Gasteiger partial charge in [-0.15, -0.1) is 0 Å². The normalized spacial score (nSPS) is 15.5. The summed E-state index contributed by atoms with van der Waals surface area (Å²) in [6.07, 6.45) is 8.33. The van der Waals surface area contributed by atoms with E-state index in [9.17, 15) is 0 Å². The van der Waals surface area contributed by atoms with Crippen LogP contribution in [0.3, 0.4) is 0 Å². The van der Waals surface area contributed by atoms with Crippen molar-refractivity contribution in [1.29, 1.82) is 0 Å². The molecule has 2 aliphatic carbocycles. The number of aryl methyl sites for hydroxylation is 2. The maximum absolute atomic E-state index is 2.44. The zero-order valence-corrected chi connectivity index (χ0v) is 14.3. The fourth-order valence-electron chi connectivity index (χ4n) is 4.21. The van der Waals surface area contributed by atoms with E-state index in [1.807, 2.05) is 0 Å². The van der Waals surface area contributed by atoms with Gasteiger partial charge in [0.15, 0.2) is 0 Å². The molecule has 2 aromatic rings. The fourth-order valence-corrected chi connectivity index (χ4v) is 4.21. The van der Waals surface area contributed by atoms with Crippen LogP contribution in [0.15, 0.2) is 47.5 Å². The predicted octanol–water partition coefficient (Wildman–Crippen LogP) is 5.91. The minimum atomic E-state index is 0.593. The number of allylic oxidation sites excluding steroid dienone is 2. The van der Waals surface area contributed by atoms with Gasteiger partial charge in [-0.05, 0) is 55.4 Å². The number of hydrogen-bond acceptors (Lipinski definition) is 0. The number of hydrogen-bond donors (Lipinski definition) is 0. The first kappa shape index (κ1) is 14.5. The summed E-state index contributed by atoms with van der Waals surface area (Å²) in [7, 11) is 0. The first-order valence-corrected chi connectivity index (χ1v) is 8.74. The van der Waals surface area contributed by atoms with E-state index in [0.717, 1.165) is 12.8 Å². The zero-order chi connectivity index (χ0) is 16.0. The summed E-state index contributed by atoms with van der Waals surface area (Å²) in [5, 5.41) is 0. The summed E-state index contributed by atoms with van der Waals surface area (Å²) in [5.74, 6) is 0.593. The van der Waals surface area contributed by atoms with E-state index < -0.39 is 0 Å². The lowest BCUT2D eigenvalue weighted by Gasteiger charge is -2.18. The smallest absolute Gasteiger partial charge is 0.00176 e. The molecule has 0 saturated carbocycles. The average molecular weight is 300 g/mol. The van der Waals surface area contributed by atoms with Gasteiger partial charge >= 0.3 is 0 Å². The third-order valence-electron chi connectivity index (χ3n) is 5.37. The van der Waals surface area contributed by atoms with Crippen LogP contribution in [0.25, 0.3) is 12.2 Å². The molecule has 0 fully saturated rings. The van der Waals surface area contributed by atoms with Crippen molar-refractivity contribution in [1.82, 2.24) is 0 Å². The first-order valence-electron chi connectivity index (χ1n) is 8.74. The van der Waals surface area contributed by atoms with Crippen molar-refractivity contribution in [2.45, 2.75) is 40.0 Å². The first-order chi connectivity index (χ1) is 11.1. The van der Waals surface area contributed by atoms with Gasteiger partial charge in [-0.1, -0.05) is 77.7 Å². The van der Waals surface area contributed by atoms with E-state index in [2.05, 4.69) is 69.3 Å². The number of rotatable bonds is 3. The third kappa shape index (κ3) is 2.57. The molecule has 0 atom stereocenters. The van der Waals surface area contributed by atoms with E-state index in [-0.39, 0.29) is 0 Å². The molecule has 116 valence electrons. The molecule has 0 unspecified atom stereocenters. The van der Waals surface area contributed by atoms with E-state index >= 15 is 0 Å². The Morgan fingerprint density at radius 2 is 1.26 bits per heavy atom. The summed E-state index contributed by atoms with van der Waals surface area (Å²) < 4.78 is 0. The van der Waals surface area contributed by atoms with Gasteiger partial charge in [0.25, 0.3) is 0 Å². The zero-order valence-electron chi connectivity index (χ0n) is 14.3. The molecule has 0 aromatic heterocycles. The maximum atomic E-state index is 2.44. The second kappa shape index (κ2) is 5.53. The molecule has 0 bridgehead atoms. The molecule has 4 rings (SSSR count). The molecule has 0 spiro atoms. The minimum Gasteiger partial charge on any atom is -0.0645 e. The van der Waals surface area contributed by atoms with Crippen molar-refractivity contribution < 1.29 is 0 Å². The van der Waals surface area contributed by atoms with Crippen LogP contribution >= 0.6 is 0 Å². The Hall–Kier alpha value is -2.08. The molecule has 23 heavy (non-hydrogen) atoms. The molecular formula is C23H24. The SMILES string of the molecule is CCC(C1=Cc2ccc(C)cc2C1)C1=Cc2ccc(C)cc2C1. The summed E-state index contributed by atoms with van der Waals surface area (Å²) >= 11 is 0.